The zero-order chi connectivity index (χ0) is 17.5. The Kier molecular flexibility index (Phi) is 3.82. The molecule has 3 rings (SSSR count). The predicted molar refractivity (Wildman–Crippen MR) is 93.6 cm³/mol. The summed E-state index contributed by atoms with van der Waals surface area (Å²) in [5, 5.41) is 0. The summed E-state index contributed by atoms with van der Waals surface area (Å²) in [4.78, 5) is 14.3. The van der Waals surface area contributed by atoms with Crippen molar-refractivity contribution in [3.8, 4) is 12.3 Å². The number of sulfonamides is 1. The maximum absolute atomic E-state index is 13.0. The Hall–Kier alpha value is -2.78. The Bertz CT molecular complexity index is 954. The van der Waals surface area contributed by atoms with E-state index in [4.69, 9.17) is 6.42 Å². The highest BCUT2D eigenvalue weighted by molar-refractivity contribution is 7.94. The molecule has 122 valence electrons. The van der Waals surface area contributed by atoms with Crippen molar-refractivity contribution in [1.82, 2.24) is 0 Å². The van der Waals surface area contributed by atoms with Crippen LogP contribution in [0.15, 0.2) is 47.4 Å². The maximum Gasteiger partial charge on any atom is 0.344 e. The van der Waals surface area contributed by atoms with Gasteiger partial charge in [0.05, 0.1) is 17.9 Å². The Labute approximate surface area is 141 Å². The molecule has 0 spiro atoms. The second-order valence-electron chi connectivity index (χ2n) is 5.66. The SMILES string of the molecule is C#CCN1C(=O)N(c2cc(C)cc(C)c2)S(=O)(=O)c2ccccc21. The number of hydrogen-bond acceptors (Lipinski definition) is 3. The van der Waals surface area contributed by atoms with E-state index in [1.54, 1.807) is 30.3 Å². The number of amides is 2. The maximum atomic E-state index is 13.0. The molecule has 0 aromatic heterocycles. The Morgan fingerprint density at radius 2 is 1.71 bits per heavy atom. The molecule has 0 unspecified atom stereocenters. The molecule has 2 amide bonds. The first-order valence-electron chi connectivity index (χ1n) is 7.34. The summed E-state index contributed by atoms with van der Waals surface area (Å²) >= 11 is 0. The summed E-state index contributed by atoms with van der Waals surface area (Å²) < 4.78 is 26.9. The van der Waals surface area contributed by atoms with Crippen molar-refractivity contribution in [2.75, 3.05) is 15.7 Å². The molecule has 0 saturated carbocycles. The molecule has 0 N–H and O–H groups in total. The molecule has 2 aromatic carbocycles. The second kappa shape index (κ2) is 5.69. The number of nitrogens with zero attached hydrogens (tertiary/aromatic N) is 2. The van der Waals surface area contributed by atoms with Gasteiger partial charge in [-0.3, -0.25) is 4.90 Å². The van der Waals surface area contributed by atoms with Crippen LogP contribution < -0.4 is 9.21 Å². The van der Waals surface area contributed by atoms with Gasteiger partial charge in [-0.25, -0.2) is 13.2 Å². The minimum absolute atomic E-state index is 0.00728. The molecular formula is C18H16N2O3S. The van der Waals surface area contributed by atoms with Gasteiger partial charge < -0.3 is 0 Å². The average Bonchev–Trinajstić information content (AvgIpc) is 2.50. The Balaban J connectivity index is 2.28. The molecule has 24 heavy (non-hydrogen) atoms. The van der Waals surface area contributed by atoms with Gasteiger partial charge in [0.25, 0.3) is 10.0 Å². The first-order chi connectivity index (χ1) is 11.4. The molecule has 0 aliphatic carbocycles. The largest absolute Gasteiger partial charge is 0.344 e. The van der Waals surface area contributed by atoms with E-state index in [2.05, 4.69) is 5.92 Å². The molecule has 1 heterocycles. The van der Waals surface area contributed by atoms with Crippen molar-refractivity contribution in [1.29, 1.82) is 0 Å². The predicted octanol–water partition coefficient (Wildman–Crippen LogP) is 3.07. The van der Waals surface area contributed by atoms with Gasteiger partial charge in [0.15, 0.2) is 0 Å². The van der Waals surface area contributed by atoms with E-state index in [0.717, 1.165) is 15.4 Å². The zero-order valence-electron chi connectivity index (χ0n) is 13.4. The third-order valence-electron chi connectivity index (χ3n) is 3.77. The van der Waals surface area contributed by atoms with Gasteiger partial charge in [0.1, 0.15) is 4.90 Å². The number of para-hydroxylation sites is 1. The number of anilines is 2. The highest BCUT2D eigenvalue weighted by Crippen LogP contribution is 2.37. The average molecular weight is 340 g/mol. The summed E-state index contributed by atoms with van der Waals surface area (Å²) in [6.07, 6.45) is 5.37. The standard InChI is InChI=1S/C18H16N2O3S/c1-4-9-19-16-7-5-6-8-17(16)24(22,23)20(18(19)21)15-11-13(2)10-14(3)12-15/h1,5-8,10-12H,9H2,2-3H3. The van der Waals surface area contributed by atoms with Gasteiger partial charge in [0, 0.05) is 0 Å². The van der Waals surface area contributed by atoms with Gasteiger partial charge in [0.2, 0.25) is 0 Å². The van der Waals surface area contributed by atoms with E-state index >= 15 is 0 Å². The van der Waals surface area contributed by atoms with Crippen LogP contribution in [0.2, 0.25) is 0 Å². The monoisotopic (exact) mass is 340 g/mol. The fourth-order valence-corrected chi connectivity index (χ4v) is 4.45. The van der Waals surface area contributed by atoms with Gasteiger partial charge in [-0.15, -0.1) is 6.42 Å². The molecule has 2 aromatic rings. The van der Waals surface area contributed by atoms with E-state index in [9.17, 15) is 13.2 Å². The highest BCUT2D eigenvalue weighted by Gasteiger charge is 2.42. The summed E-state index contributed by atoms with van der Waals surface area (Å²) in [5.74, 6) is 2.41. The van der Waals surface area contributed by atoms with Gasteiger partial charge in [-0.1, -0.05) is 24.1 Å². The number of carbonyl (C=O) groups is 1. The smallest absolute Gasteiger partial charge is 0.280 e. The molecule has 5 nitrogen and oxygen atoms in total. The molecule has 0 saturated heterocycles. The summed E-state index contributed by atoms with van der Waals surface area (Å²) in [6.45, 7) is 3.70. The first kappa shape index (κ1) is 16.1. The molecule has 0 bridgehead atoms. The third kappa shape index (κ3) is 2.43. The number of urea groups is 1. The van der Waals surface area contributed by atoms with Crippen LogP contribution in [-0.2, 0) is 10.0 Å². The Morgan fingerprint density at radius 3 is 2.33 bits per heavy atom. The van der Waals surface area contributed by atoms with Crippen LogP contribution in [0.3, 0.4) is 0 Å². The number of rotatable bonds is 2. The number of benzene rings is 2. The molecule has 1 aliphatic heterocycles. The number of terminal acetylenes is 1. The van der Waals surface area contributed by atoms with Crippen LogP contribution in [-0.4, -0.2) is 21.0 Å². The minimum Gasteiger partial charge on any atom is -0.280 e. The third-order valence-corrected chi connectivity index (χ3v) is 5.52. The van der Waals surface area contributed by atoms with Crippen molar-refractivity contribution < 1.29 is 13.2 Å². The fraction of sp³-hybridized carbons (Fsp3) is 0.167. The number of aryl methyl sites for hydroxylation is 2. The summed E-state index contributed by atoms with van der Waals surface area (Å²) in [6, 6.07) is 11.0. The summed E-state index contributed by atoms with van der Waals surface area (Å²) in [7, 11) is -4.00. The van der Waals surface area contributed by atoms with Crippen molar-refractivity contribution in [3.63, 3.8) is 0 Å². The van der Waals surface area contributed by atoms with E-state index in [0.29, 0.717) is 11.4 Å². The van der Waals surface area contributed by atoms with Crippen molar-refractivity contribution in [3.05, 3.63) is 53.6 Å². The van der Waals surface area contributed by atoms with Gasteiger partial charge in [-0.2, -0.15) is 4.31 Å². The van der Waals surface area contributed by atoms with E-state index in [1.807, 2.05) is 19.9 Å². The number of hydrogen-bond donors (Lipinski definition) is 0. The molecule has 0 fully saturated rings. The van der Waals surface area contributed by atoms with Crippen LogP contribution >= 0.6 is 0 Å². The molecule has 0 atom stereocenters. The van der Waals surface area contributed by atoms with E-state index < -0.39 is 16.1 Å². The first-order valence-corrected chi connectivity index (χ1v) is 8.78. The van der Waals surface area contributed by atoms with Crippen molar-refractivity contribution in [2.24, 2.45) is 0 Å². The molecule has 0 radical (unpaired) electrons. The summed E-state index contributed by atoms with van der Waals surface area (Å²) in [5.41, 5.74) is 2.36. The lowest BCUT2D eigenvalue weighted by Gasteiger charge is -2.35. The van der Waals surface area contributed by atoms with Crippen molar-refractivity contribution >= 4 is 27.4 Å². The van der Waals surface area contributed by atoms with Crippen LogP contribution in [0.25, 0.3) is 0 Å². The lowest BCUT2D eigenvalue weighted by molar-refractivity contribution is 0.254. The van der Waals surface area contributed by atoms with Gasteiger partial charge >= 0.3 is 6.03 Å². The van der Waals surface area contributed by atoms with E-state index in [-0.39, 0.29) is 11.4 Å². The number of carbonyl (C=O) groups excluding carboxylic acids is 1. The quantitative estimate of drug-likeness (QED) is 0.790. The highest BCUT2D eigenvalue weighted by atomic mass is 32.2. The molecular weight excluding hydrogens is 324 g/mol. The van der Waals surface area contributed by atoms with E-state index in [1.165, 1.54) is 11.0 Å². The fourth-order valence-electron chi connectivity index (χ4n) is 2.87. The normalized spacial score (nSPS) is 15.8. The molecule has 6 heteroatoms. The lowest BCUT2D eigenvalue weighted by Crippen LogP contribution is -2.51. The van der Waals surface area contributed by atoms with Crippen LogP contribution in [0, 0.1) is 26.2 Å². The topological polar surface area (TPSA) is 57.7 Å². The van der Waals surface area contributed by atoms with Crippen LogP contribution in [0.5, 0.6) is 0 Å². The Morgan fingerprint density at radius 1 is 1.08 bits per heavy atom. The van der Waals surface area contributed by atoms with Crippen LogP contribution in [0.4, 0.5) is 16.2 Å². The van der Waals surface area contributed by atoms with Crippen molar-refractivity contribution in [2.45, 2.75) is 18.7 Å². The lowest BCUT2D eigenvalue weighted by atomic mass is 10.1. The minimum atomic E-state index is -4.00. The zero-order valence-corrected chi connectivity index (χ0v) is 14.2. The van der Waals surface area contributed by atoms with Crippen LogP contribution in [0.1, 0.15) is 11.1 Å². The number of fused-ring (bicyclic) bond motifs is 1. The van der Waals surface area contributed by atoms with Gasteiger partial charge in [-0.05, 0) is 49.2 Å². The second-order valence-corrected chi connectivity index (χ2v) is 7.41. The molecule has 1 aliphatic rings.